The minimum absolute atomic E-state index is 0.0974. The molecule has 0 aliphatic carbocycles. The van der Waals surface area contributed by atoms with Gasteiger partial charge in [0.05, 0.1) is 21.7 Å². The number of nitrogens with one attached hydrogen (secondary N) is 2. The molecule has 8 nitrogen and oxygen atoms in total. The number of benzene rings is 1. The van der Waals surface area contributed by atoms with Gasteiger partial charge in [0, 0.05) is 34.4 Å². The van der Waals surface area contributed by atoms with E-state index in [1.165, 1.54) is 0 Å². The largest absolute Gasteiger partial charge is 0.339 e. The molecule has 32 heavy (non-hydrogen) atoms. The van der Waals surface area contributed by atoms with E-state index < -0.39 is 0 Å². The van der Waals surface area contributed by atoms with Gasteiger partial charge in [0.1, 0.15) is 12.4 Å². The normalized spacial score (nSPS) is 11.2. The molecule has 2 amide bonds. The highest BCUT2D eigenvalue weighted by molar-refractivity contribution is 7.09. The molecule has 0 saturated heterocycles. The molecule has 1 aromatic carbocycles. The van der Waals surface area contributed by atoms with Gasteiger partial charge in [0.15, 0.2) is 0 Å². The van der Waals surface area contributed by atoms with Gasteiger partial charge in [-0.05, 0) is 58.9 Å². The van der Waals surface area contributed by atoms with Crippen molar-refractivity contribution in [2.75, 3.05) is 0 Å². The van der Waals surface area contributed by atoms with Crippen LogP contribution in [0.25, 0.3) is 22.3 Å². The number of fused-ring (bicyclic) bond motifs is 1. The predicted molar refractivity (Wildman–Crippen MR) is 126 cm³/mol. The molecule has 3 heterocycles. The zero-order chi connectivity index (χ0) is 23.0. The van der Waals surface area contributed by atoms with Crippen molar-refractivity contribution in [3.8, 4) is 11.3 Å². The lowest BCUT2D eigenvalue weighted by atomic mass is 10.2. The summed E-state index contributed by atoms with van der Waals surface area (Å²) in [6.07, 6.45) is 0. The summed E-state index contributed by atoms with van der Waals surface area (Å²) in [6, 6.07) is 7.38. The van der Waals surface area contributed by atoms with Gasteiger partial charge in [0.25, 0.3) is 11.8 Å². The summed E-state index contributed by atoms with van der Waals surface area (Å²) in [5.74, 6) is 0.204. The van der Waals surface area contributed by atoms with Gasteiger partial charge in [-0.25, -0.2) is 9.97 Å². The molecule has 0 radical (unpaired) electrons. The summed E-state index contributed by atoms with van der Waals surface area (Å²) in [7, 11) is 0. The first-order chi connectivity index (χ1) is 15.3. The summed E-state index contributed by atoms with van der Waals surface area (Å²) in [6.45, 7) is 10.8. The molecule has 4 aromatic rings. The number of carbonyl (C=O) groups is 2. The molecule has 0 bridgehead atoms. The van der Waals surface area contributed by atoms with E-state index in [2.05, 4.69) is 32.3 Å². The first-order valence-electron chi connectivity index (χ1n) is 10.4. The number of carbonyl (C=O) groups excluding carboxylic acids is 2. The molecule has 0 fully saturated rings. The smallest absolute Gasteiger partial charge is 0.269 e. The van der Waals surface area contributed by atoms with E-state index in [1.54, 1.807) is 23.5 Å². The third-order valence-electron chi connectivity index (χ3n) is 5.60. The van der Waals surface area contributed by atoms with E-state index in [9.17, 15) is 9.59 Å². The number of thiazole rings is 1. The Bertz CT molecular complexity index is 1330. The molecule has 0 aliphatic heterocycles. The van der Waals surface area contributed by atoms with Crippen LogP contribution in [0.4, 0.5) is 0 Å². The monoisotopic (exact) mass is 450 g/mol. The number of hydrogen-bond donors (Lipinski definition) is 2. The Labute approximate surface area is 190 Å². The molecule has 9 heteroatoms. The van der Waals surface area contributed by atoms with Crippen LogP contribution in [0.3, 0.4) is 0 Å². The fourth-order valence-electron chi connectivity index (χ4n) is 3.96. The summed E-state index contributed by atoms with van der Waals surface area (Å²) in [5.41, 5.74) is 11.0. The molecule has 0 unspecified atom stereocenters. The average Bonchev–Trinajstić information content (AvgIpc) is 3.41. The van der Waals surface area contributed by atoms with Crippen LogP contribution in [0.1, 0.15) is 39.5 Å². The van der Waals surface area contributed by atoms with E-state index in [-0.39, 0.29) is 18.4 Å². The third kappa shape index (κ3) is 4.03. The lowest BCUT2D eigenvalue weighted by Gasteiger charge is -2.11. The minimum atomic E-state index is -0.386. The zero-order valence-corrected chi connectivity index (χ0v) is 19.6. The molecular weight excluding hydrogens is 424 g/mol. The number of nitrogens with zero attached hydrogens (tertiary/aromatic N) is 4. The molecule has 3 aromatic heterocycles. The van der Waals surface area contributed by atoms with E-state index in [4.69, 9.17) is 0 Å². The fourth-order valence-corrected chi connectivity index (χ4v) is 4.58. The Morgan fingerprint density at radius 2 is 1.81 bits per heavy atom. The summed E-state index contributed by atoms with van der Waals surface area (Å²) >= 11 is 1.60. The van der Waals surface area contributed by atoms with Crippen LogP contribution < -0.4 is 10.9 Å². The number of aromatic nitrogens is 4. The SMILES string of the molecule is CCn1c(C)nc2cc(C(=O)NNC(=O)Cn3c(C)cc(-c4csc(C)n4)c3C)ccc21. The molecule has 4 rings (SSSR count). The van der Waals surface area contributed by atoms with E-state index in [0.717, 1.165) is 51.1 Å². The molecular formula is C23H26N6O2S. The molecule has 166 valence electrons. The van der Waals surface area contributed by atoms with Crippen LogP contribution in [0.15, 0.2) is 29.6 Å². The quantitative estimate of drug-likeness (QED) is 0.454. The molecule has 0 atom stereocenters. The molecule has 0 saturated carbocycles. The topological polar surface area (TPSA) is 93.8 Å². The Kier molecular flexibility index (Phi) is 5.84. The average molecular weight is 451 g/mol. The first-order valence-corrected chi connectivity index (χ1v) is 11.3. The Morgan fingerprint density at radius 3 is 2.50 bits per heavy atom. The lowest BCUT2D eigenvalue weighted by Crippen LogP contribution is -2.43. The maximum Gasteiger partial charge on any atom is 0.269 e. The standard InChI is InChI=1S/C23H26N6O2S/c1-6-28-15(4)24-19-10-17(7-8-21(19)28)23(31)27-26-22(30)11-29-13(2)9-18(14(29)3)20-12-32-16(5)25-20/h7-10,12H,6,11H2,1-5H3,(H,26,30)(H,27,31). The second-order valence-electron chi connectivity index (χ2n) is 7.73. The highest BCUT2D eigenvalue weighted by atomic mass is 32.1. The molecule has 0 spiro atoms. The highest BCUT2D eigenvalue weighted by Crippen LogP contribution is 2.27. The fraction of sp³-hybridized carbons (Fsp3) is 0.304. The number of rotatable bonds is 5. The van der Waals surface area contributed by atoms with E-state index in [0.29, 0.717) is 5.56 Å². The second-order valence-corrected chi connectivity index (χ2v) is 8.79. The van der Waals surface area contributed by atoms with Crippen LogP contribution in [0.2, 0.25) is 0 Å². The maximum absolute atomic E-state index is 12.6. The van der Waals surface area contributed by atoms with Crippen molar-refractivity contribution < 1.29 is 9.59 Å². The van der Waals surface area contributed by atoms with Crippen molar-refractivity contribution >= 4 is 34.2 Å². The Balaban J connectivity index is 1.43. The van der Waals surface area contributed by atoms with Crippen molar-refractivity contribution in [3.05, 3.63) is 57.4 Å². The molecule has 0 aliphatic rings. The Hall–Kier alpha value is -3.46. The number of amides is 2. The van der Waals surface area contributed by atoms with Gasteiger partial charge in [0.2, 0.25) is 0 Å². The van der Waals surface area contributed by atoms with Crippen molar-refractivity contribution in [2.45, 2.75) is 47.7 Å². The number of hydrazine groups is 1. The lowest BCUT2D eigenvalue weighted by molar-refractivity contribution is -0.122. The van der Waals surface area contributed by atoms with Gasteiger partial charge < -0.3 is 9.13 Å². The van der Waals surface area contributed by atoms with Gasteiger partial charge >= 0.3 is 0 Å². The van der Waals surface area contributed by atoms with E-state index in [1.807, 2.05) is 49.8 Å². The summed E-state index contributed by atoms with van der Waals surface area (Å²) < 4.78 is 4.00. The highest BCUT2D eigenvalue weighted by Gasteiger charge is 2.16. The number of hydrogen-bond acceptors (Lipinski definition) is 5. The van der Waals surface area contributed by atoms with Crippen molar-refractivity contribution in [1.29, 1.82) is 0 Å². The van der Waals surface area contributed by atoms with Crippen molar-refractivity contribution in [2.24, 2.45) is 0 Å². The van der Waals surface area contributed by atoms with Crippen LogP contribution >= 0.6 is 11.3 Å². The predicted octanol–water partition coefficient (Wildman–Crippen LogP) is 3.68. The maximum atomic E-state index is 12.6. The Morgan fingerprint density at radius 1 is 1.03 bits per heavy atom. The third-order valence-corrected chi connectivity index (χ3v) is 6.38. The van der Waals surface area contributed by atoms with Crippen LogP contribution in [0.5, 0.6) is 0 Å². The van der Waals surface area contributed by atoms with Crippen LogP contribution in [-0.4, -0.2) is 30.9 Å². The molecule has 2 N–H and O–H groups in total. The van der Waals surface area contributed by atoms with Gasteiger partial charge in [-0.15, -0.1) is 11.3 Å². The van der Waals surface area contributed by atoms with Crippen LogP contribution in [-0.2, 0) is 17.9 Å². The first kappa shape index (κ1) is 21.8. The van der Waals surface area contributed by atoms with E-state index >= 15 is 0 Å². The van der Waals surface area contributed by atoms with Crippen molar-refractivity contribution in [3.63, 3.8) is 0 Å². The summed E-state index contributed by atoms with van der Waals surface area (Å²) in [5, 5.41) is 3.02. The summed E-state index contributed by atoms with van der Waals surface area (Å²) in [4.78, 5) is 34.1. The van der Waals surface area contributed by atoms with Gasteiger partial charge in [-0.1, -0.05) is 0 Å². The second kappa shape index (κ2) is 8.58. The minimum Gasteiger partial charge on any atom is -0.339 e. The number of imidazole rings is 1. The van der Waals surface area contributed by atoms with Crippen molar-refractivity contribution in [1.82, 2.24) is 30.0 Å². The van der Waals surface area contributed by atoms with Gasteiger partial charge in [-0.3, -0.25) is 20.4 Å². The number of aryl methyl sites for hydroxylation is 4. The van der Waals surface area contributed by atoms with Gasteiger partial charge in [-0.2, -0.15) is 0 Å². The van der Waals surface area contributed by atoms with Crippen LogP contribution in [0, 0.1) is 27.7 Å². The zero-order valence-electron chi connectivity index (χ0n) is 18.8.